The minimum atomic E-state index is -0.381. The minimum Gasteiger partial charge on any atom is -0.451 e. The van der Waals surface area contributed by atoms with Crippen molar-refractivity contribution in [3.8, 4) is 0 Å². The lowest BCUT2D eigenvalue weighted by Gasteiger charge is -2.04. The van der Waals surface area contributed by atoms with E-state index in [4.69, 9.17) is 4.42 Å². The summed E-state index contributed by atoms with van der Waals surface area (Å²) < 4.78 is 5.40. The van der Waals surface area contributed by atoms with Crippen LogP contribution in [0.2, 0.25) is 0 Å². The van der Waals surface area contributed by atoms with Crippen LogP contribution in [0.1, 0.15) is 10.6 Å². The highest BCUT2D eigenvalue weighted by Crippen LogP contribution is 2.11. The Morgan fingerprint density at radius 1 is 1.28 bits per heavy atom. The van der Waals surface area contributed by atoms with E-state index < -0.39 is 0 Å². The summed E-state index contributed by atoms with van der Waals surface area (Å²) in [6.07, 6.45) is 0. The molecule has 2 aromatic rings. The summed E-state index contributed by atoms with van der Waals surface area (Å²) in [7, 11) is 1.79. The Hall–Kier alpha value is -2.14. The highest BCUT2D eigenvalue weighted by molar-refractivity contribution is 5.93. The Morgan fingerprint density at radius 3 is 2.83 bits per heavy atom. The molecule has 0 saturated heterocycles. The molecule has 1 heterocycles. The minimum absolute atomic E-state index is 0.0369. The average Bonchev–Trinajstić information content (AvgIpc) is 2.39. The first-order valence-electron chi connectivity index (χ1n) is 5.68. The number of hydrogen-bond acceptors (Lipinski definition) is 4. The summed E-state index contributed by atoms with van der Waals surface area (Å²) in [5.41, 5.74) is 0.208. The van der Waals surface area contributed by atoms with Crippen LogP contribution in [0.4, 0.5) is 0 Å². The lowest BCUT2D eigenvalue weighted by atomic mass is 10.2. The molecule has 0 saturated carbocycles. The Balaban J connectivity index is 2.29. The van der Waals surface area contributed by atoms with Gasteiger partial charge in [-0.15, -0.1) is 0 Å². The molecule has 1 amide bonds. The first-order valence-corrected chi connectivity index (χ1v) is 5.68. The van der Waals surface area contributed by atoms with E-state index >= 15 is 0 Å². The summed E-state index contributed by atoms with van der Waals surface area (Å²) >= 11 is 0. The Bertz CT molecular complexity index is 619. The SMILES string of the molecule is CNCCNC(=O)c1cc(=O)c2ccccc2o1. The van der Waals surface area contributed by atoms with E-state index in [0.717, 1.165) is 0 Å². The second-order valence-electron chi connectivity index (χ2n) is 3.83. The third-order valence-corrected chi connectivity index (χ3v) is 2.52. The summed E-state index contributed by atoms with van der Waals surface area (Å²) in [6, 6.07) is 8.07. The lowest BCUT2D eigenvalue weighted by molar-refractivity contribution is 0.0927. The highest BCUT2D eigenvalue weighted by atomic mass is 16.3. The first-order chi connectivity index (χ1) is 8.72. The van der Waals surface area contributed by atoms with Gasteiger partial charge in [-0.2, -0.15) is 0 Å². The van der Waals surface area contributed by atoms with Gasteiger partial charge in [0.1, 0.15) is 5.58 Å². The highest BCUT2D eigenvalue weighted by Gasteiger charge is 2.11. The molecule has 2 N–H and O–H groups in total. The largest absolute Gasteiger partial charge is 0.451 e. The number of rotatable bonds is 4. The summed E-state index contributed by atoms with van der Waals surface area (Å²) in [6.45, 7) is 1.13. The first kappa shape index (κ1) is 12.3. The molecule has 1 aromatic carbocycles. The van der Waals surface area contributed by atoms with Crippen LogP contribution >= 0.6 is 0 Å². The molecule has 1 aromatic heterocycles. The third kappa shape index (κ3) is 2.57. The maximum absolute atomic E-state index is 11.8. The molecule has 5 heteroatoms. The monoisotopic (exact) mass is 246 g/mol. The average molecular weight is 246 g/mol. The van der Waals surface area contributed by atoms with Gasteiger partial charge in [-0.05, 0) is 19.2 Å². The molecule has 2 rings (SSSR count). The normalized spacial score (nSPS) is 10.5. The fourth-order valence-electron chi connectivity index (χ4n) is 1.60. The van der Waals surface area contributed by atoms with Crippen molar-refractivity contribution >= 4 is 16.9 Å². The van der Waals surface area contributed by atoms with E-state index in [-0.39, 0.29) is 17.1 Å². The fourth-order valence-corrected chi connectivity index (χ4v) is 1.60. The second-order valence-corrected chi connectivity index (χ2v) is 3.83. The van der Waals surface area contributed by atoms with Crippen molar-refractivity contribution in [1.82, 2.24) is 10.6 Å². The van der Waals surface area contributed by atoms with Crippen LogP contribution in [0.15, 0.2) is 39.5 Å². The van der Waals surface area contributed by atoms with Crippen LogP contribution in [0, 0.1) is 0 Å². The van der Waals surface area contributed by atoms with Crippen molar-refractivity contribution in [1.29, 1.82) is 0 Å². The summed E-state index contributed by atoms with van der Waals surface area (Å²) in [5.74, 6) is -0.345. The van der Waals surface area contributed by atoms with Crippen molar-refractivity contribution in [2.45, 2.75) is 0 Å². The van der Waals surface area contributed by atoms with Crippen LogP contribution < -0.4 is 16.1 Å². The molecule has 94 valence electrons. The van der Waals surface area contributed by atoms with Gasteiger partial charge in [-0.3, -0.25) is 9.59 Å². The zero-order valence-corrected chi connectivity index (χ0v) is 10.0. The number of para-hydroxylation sites is 1. The standard InChI is InChI=1S/C13H14N2O3/c1-14-6-7-15-13(17)12-8-10(16)9-4-2-3-5-11(9)18-12/h2-5,8,14H,6-7H2,1H3,(H,15,17). The molecule has 0 aliphatic rings. The van der Waals surface area contributed by atoms with Crippen LogP contribution in [0.25, 0.3) is 11.0 Å². The number of likely N-dealkylation sites (N-methyl/N-ethyl adjacent to an activating group) is 1. The van der Waals surface area contributed by atoms with Gasteiger partial charge in [0.05, 0.1) is 5.39 Å². The van der Waals surface area contributed by atoms with Gasteiger partial charge in [0.15, 0.2) is 11.2 Å². The van der Waals surface area contributed by atoms with E-state index in [1.165, 1.54) is 6.07 Å². The van der Waals surface area contributed by atoms with Crippen LogP contribution in [-0.4, -0.2) is 26.0 Å². The smallest absolute Gasteiger partial charge is 0.287 e. The zero-order chi connectivity index (χ0) is 13.0. The van der Waals surface area contributed by atoms with Crippen LogP contribution in [-0.2, 0) is 0 Å². The molecule has 0 bridgehead atoms. The predicted octanol–water partition coefficient (Wildman–Crippen LogP) is 0.742. The number of carbonyl (C=O) groups excluding carboxylic acids is 1. The van der Waals surface area contributed by atoms with Crippen molar-refractivity contribution in [2.75, 3.05) is 20.1 Å². The summed E-state index contributed by atoms with van der Waals surface area (Å²) in [4.78, 5) is 23.5. The van der Waals surface area contributed by atoms with Crippen molar-refractivity contribution in [2.24, 2.45) is 0 Å². The molecule has 0 aliphatic heterocycles. The van der Waals surface area contributed by atoms with E-state index in [9.17, 15) is 9.59 Å². The Labute approximate surface area is 104 Å². The second kappa shape index (κ2) is 5.46. The van der Waals surface area contributed by atoms with Gasteiger partial charge in [0, 0.05) is 19.2 Å². The molecule has 0 fully saturated rings. The molecule has 18 heavy (non-hydrogen) atoms. The van der Waals surface area contributed by atoms with Crippen LogP contribution in [0.5, 0.6) is 0 Å². The lowest BCUT2D eigenvalue weighted by Crippen LogP contribution is -2.30. The van der Waals surface area contributed by atoms with E-state index in [2.05, 4.69) is 10.6 Å². The molecule has 5 nitrogen and oxygen atoms in total. The maximum atomic E-state index is 11.8. The molecule has 0 spiro atoms. The quantitative estimate of drug-likeness (QED) is 0.781. The molecule has 0 unspecified atom stereocenters. The number of nitrogens with one attached hydrogen (secondary N) is 2. The van der Waals surface area contributed by atoms with E-state index in [1.807, 2.05) is 0 Å². The number of fused-ring (bicyclic) bond motifs is 1. The third-order valence-electron chi connectivity index (χ3n) is 2.52. The molecule has 0 aliphatic carbocycles. The number of hydrogen-bond donors (Lipinski definition) is 2. The Kier molecular flexibility index (Phi) is 3.74. The van der Waals surface area contributed by atoms with Crippen molar-refractivity contribution in [3.63, 3.8) is 0 Å². The van der Waals surface area contributed by atoms with Crippen LogP contribution in [0.3, 0.4) is 0 Å². The number of amides is 1. The molecular formula is C13H14N2O3. The van der Waals surface area contributed by atoms with Crippen molar-refractivity contribution in [3.05, 3.63) is 46.3 Å². The van der Waals surface area contributed by atoms with E-state index in [0.29, 0.717) is 24.1 Å². The van der Waals surface area contributed by atoms with Gasteiger partial charge in [-0.1, -0.05) is 12.1 Å². The van der Waals surface area contributed by atoms with Gasteiger partial charge in [0.2, 0.25) is 0 Å². The van der Waals surface area contributed by atoms with Gasteiger partial charge >= 0.3 is 0 Å². The number of carbonyl (C=O) groups is 1. The van der Waals surface area contributed by atoms with Gasteiger partial charge < -0.3 is 15.1 Å². The van der Waals surface area contributed by atoms with E-state index in [1.54, 1.807) is 31.3 Å². The van der Waals surface area contributed by atoms with Gasteiger partial charge in [-0.25, -0.2) is 0 Å². The Morgan fingerprint density at radius 2 is 2.06 bits per heavy atom. The predicted molar refractivity (Wildman–Crippen MR) is 68.7 cm³/mol. The fraction of sp³-hybridized carbons (Fsp3) is 0.231. The molecule has 0 radical (unpaired) electrons. The van der Waals surface area contributed by atoms with Crippen molar-refractivity contribution < 1.29 is 9.21 Å². The number of benzene rings is 1. The zero-order valence-electron chi connectivity index (χ0n) is 10.0. The maximum Gasteiger partial charge on any atom is 0.287 e. The van der Waals surface area contributed by atoms with Gasteiger partial charge in [0.25, 0.3) is 5.91 Å². The molecular weight excluding hydrogens is 232 g/mol. The topological polar surface area (TPSA) is 71.3 Å². The summed E-state index contributed by atoms with van der Waals surface area (Å²) in [5, 5.41) is 6.04. The molecule has 0 atom stereocenters.